The Morgan fingerprint density at radius 3 is 2.89 bits per heavy atom. The second-order valence-electron chi connectivity index (χ2n) is 5.56. The van der Waals surface area contributed by atoms with Gasteiger partial charge in [0.05, 0.1) is 12.0 Å². The zero-order valence-electron chi connectivity index (χ0n) is 12.1. The summed E-state index contributed by atoms with van der Waals surface area (Å²) in [7, 11) is 0. The number of amides is 1. The van der Waals surface area contributed by atoms with Crippen LogP contribution in [0.3, 0.4) is 0 Å². The van der Waals surface area contributed by atoms with Crippen molar-refractivity contribution in [2.75, 3.05) is 13.1 Å². The van der Waals surface area contributed by atoms with Crippen molar-refractivity contribution in [3.63, 3.8) is 0 Å². The Bertz CT molecular complexity index is 450. The molecule has 1 aliphatic rings. The third-order valence-electron chi connectivity index (χ3n) is 4.14. The van der Waals surface area contributed by atoms with E-state index in [0.29, 0.717) is 0 Å². The molecule has 0 aromatic heterocycles. The highest BCUT2D eigenvalue weighted by Crippen LogP contribution is 2.21. The first-order valence-electron chi connectivity index (χ1n) is 7.17. The number of hydrogen-bond acceptors (Lipinski definition) is 2. The van der Waals surface area contributed by atoms with Gasteiger partial charge in [0, 0.05) is 6.54 Å². The van der Waals surface area contributed by atoms with E-state index in [1.165, 1.54) is 16.7 Å². The van der Waals surface area contributed by atoms with Crippen LogP contribution < -0.4 is 10.6 Å². The van der Waals surface area contributed by atoms with Crippen molar-refractivity contribution in [3.05, 3.63) is 34.9 Å². The number of benzene rings is 1. The molecule has 1 heterocycles. The average molecular weight is 260 g/mol. The van der Waals surface area contributed by atoms with Gasteiger partial charge in [-0.3, -0.25) is 4.79 Å². The van der Waals surface area contributed by atoms with Crippen LogP contribution in [0.2, 0.25) is 0 Å². The van der Waals surface area contributed by atoms with Crippen LogP contribution in [0.25, 0.3) is 0 Å². The highest BCUT2D eigenvalue weighted by Gasteiger charge is 2.22. The average Bonchev–Trinajstić information content (AvgIpc) is 2.42. The summed E-state index contributed by atoms with van der Waals surface area (Å²) in [4.78, 5) is 12.2. The predicted octanol–water partition coefficient (Wildman–Crippen LogP) is 2.48. The van der Waals surface area contributed by atoms with Crippen LogP contribution in [0.15, 0.2) is 18.2 Å². The Labute approximate surface area is 115 Å². The van der Waals surface area contributed by atoms with Crippen LogP contribution in [0.5, 0.6) is 0 Å². The van der Waals surface area contributed by atoms with Gasteiger partial charge >= 0.3 is 0 Å². The van der Waals surface area contributed by atoms with E-state index in [1.807, 2.05) is 0 Å². The highest BCUT2D eigenvalue weighted by molar-refractivity contribution is 5.79. The number of hydrogen-bond donors (Lipinski definition) is 2. The van der Waals surface area contributed by atoms with Crippen molar-refractivity contribution in [1.29, 1.82) is 0 Å². The van der Waals surface area contributed by atoms with Gasteiger partial charge in [-0.15, -0.1) is 0 Å². The lowest BCUT2D eigenvalue weighted by Gasteiger charge is -2.25. The summed E-state index contributed by atoms with van der Waals surface area (Å²) in [5.41, 5.74) is 3.77. The Morgan fingerprint density at radius 1 is 1.42 bits per heavy atom. The molecular formula is C16H24N2O. The second kappa shape index (κ2) is 6.20. The molecule has 0 bridgehead atoms. The monoisotopic (exact) mass is 260 g/mol. The second-order valence-corrected chi connectivity index (χ2v) is 5.56. The van der Waals surface area contributed by atoms with Crippen molar-refractivity contribution in [2.45, 2.75) is 39.7 Å². The van der Waals surface area contributed by atoms with Crippen molar-refractivity contribution in [3.8, 4) is 0 Å². The SMILES string of the molecule is Cc1cccc(C(C)NC(=O)C2CCCNC2)c1C. The van der Waals surface area contributed by atoms with Gasteiger partial charge < -0.3 is 10.6 Å². The fraction of sp³-hybridized carbons (Fsp3) is 0.562. The minimum absolute atomic E-state index is 0.0781. The molecule has 0 radical (unpaired) electrons. The number of carbonyl (C=O) groups is 1. The number of aryl methyl sites for hydroxylation is 1. The van der Waals surface area contributed by atoms with E-state index in [4.69, 9.17) is 0 Å². The summed E-state index contributed by atoms with van der Waals surface area (Å²) in [5, 5.41) is 6.44. The molecule has 1 saturated heterocycles. The molecule has 2 atom stereocenters. The maximum atomic E-state index is 12.2. The van der Waals surface area contributed by atoms with Crippen molar-refractivity contribution in [1.82, 2.24) is 10.6 Å². The van der Waals surface area contributed by atoms with E-state index >= 15 is 0 Å². The molecule has 0 aliphatic carbocycles. The smallest absolute Gasteiger partial charge is 0.224 e. The largest absolute Gasteiger partial charge is 0.349 e. The van der Waals surface area contributed by atoms with Crippen molar-refractivity contribution < 1.29 is 4.79 Å². The standard InChI is InChI=1S/C16H24N2O/c1-11-6-4-8-15(12(11)2)13(3)18-16(19)14-7-5-9-17-10-14/h4,6,8,13-14,17H,5,7,9-10H2,1-3H3,(H,18,19). The van der Waals surface area contributed by atoms with E-state index in [-0.39, 0.29) is 17.9 Å². The third kappa shape index (κ3) is 3.35. The summed E-state index contributed by atoms with van der Waals surface area (Å²) in [6.45, 7) is 8.14. The Kier molecular flexibility index (Phi) is 4.59. The highest BCUT2D eigenvalue weighted by atomic mass is 16.1. The minimum atomic E-state index is 0.0781. The Hall–Kier alpha value is -1.35. The van der Waals surface area contributed by atoms with E-state index in [0.717, 1.165) is 25.9 Å². The lowest BCUT2D eigenvalue weighted by molar-refractivity contribution is -0.126. The van der Waals surface area contributed by atoms with Gasteiger partial charge in [0.2, 0.25) is 5.91 Å². The fourth-order valence-corrected chi connectivity index (χ4v) is 2.73. The quantitative estimate of drug-likeness (QED) is 0.876. The molecule has 2 rings (SSSR count). The molecule has 0 saturated carbocycles. The van der Waals surface area contributed by atoms with Gasteiger partial charge in [0.15, 0.2) is 0 Å². The molecule has 1 fully saturated rings. The zero-order chi connectivity index (χ0) is 13.8. The Morgan fingerprint density at radius 2 is 2.21 bits per heavy atom. The Balaban J connectivity index is 2.02. The van der Waals surface area contributed by atoms with Crippen LogP contribution in [0, 0.1) is 19.8 Å². The van der Waals surface area contributed by atoms with Crippen LogP contribution >= 0.6 is 0 Å². The summed E-state index contributed by atoms with van der Waals surface area (Å²) in [5.74, 6) is 0.307. The number of rotatable bonds is 3. The summed E-state index contributed by atoms with van der Waals surface area (Å²) in [6.07, 6.45) is 2.09. The molecule has 1 aromatic rings. The molecule has 1 aliphatic heterocycles. The number of piperidine rings is 1. The van der Waals surface area contributed by atoms with E-state index in [9.17, 15) is 4.79 Å². The first-order valence-corrected chi connectivity index (χ1v) is 7.17. The lowest BCUT2D eigenvalue weighted by atomic mass is 9.96. The lowest BCUT2D eigenvalue weighted by Crippen LogP contribution is -2.41. The normalized spacial score (nSPS) is 20.9. The van der Waals surface area contributed by atoms with Crippen LogP contribution in [0.1, 0.15) is 42.5 Å². The third-order valence-corrected chi connectivity index (χ3v) is 4.14. The molecule has 1 amide bonds. The van der Waals surface area contributed by atoms with E-state index < -0.39 is 0 Å². The summed E-state index contributed by atoms with van der Waals surface area (Å²) in [6, 6.07) is 6.35. The van der Waals surface area contributed by atoms with E-state index in [2.05, 4.69) is 49.6 Å². The minimum Gasteiger partial charge on any atom is -0.349 e. The fourth-order valence-electron chi connectivity index (χ4n) is 2.73. The number of carbonyl (C=O) groups excluding carboxylic acids is 1. The van der Waals surface area contributed by atoms with Gasteiger partial charge in [-0.05, 0) is 56.8 Å². The van der Waals surface area contributed by atoms with Gasteiger partial charge in [-0.25, -0.2) is 0 Å². The molecular weight excluding hydrogens is 236 g/mol. The van der Waals surface area contributed by atoms with Crippen LogP contribution in [0.4, 0.5) is 0 Å². The summed E-state index contributed by atoms with van der Waals surface area (Å²) >= 11 is 0. The molecule has 1 aromatic carbocycles. The molecule has 0 spiro atoms. The zero-order valence-corrected chi connectivity index (χ0v) is 12.1. The maximum absolute atomic E-state index is 12.2. The van der Waals surface area contributed by atoms with E-state index in [1.54, 1.807) is 0 Å². The van der Waals surface area contributed by atoms with Gasteiger partial charge in [-0.2, -0.15) is 0 Å². The van der Waals surface area contributed by atoms with Gasteiger partial charge in [0.25, 0.3) is 0 Å². The van der Waals surface area contributed by atoms with Crippen LogP contribution in [-0.2, 0) is 4.79 Å². The van der Waals surface area contributed by atoms with Crippen molar-refractivity contribution in [2.24, 2.45) is 5.92 Å². The topological polar surface area (TPSA) is 41.1 Å². The predicted molar refractivity (Wildman–Crippen MR) is 78.1 cm³/mol. The summed E-state index contributed by atoms with van der Waals surface area (Å²) < 4.78 is 0. The molecule has 2 N–H and O–H groups in total. The molecule has 2 unspecified atom stereocenters. The van der Waals surface area contributed by atoms with Crippen LogP contribution in [-0.4, -0.2) is 19.0 Å². The first-order chi connectivity index (χ1) is 9.09. The molecule has 19 heavy (non-hydrogen) atoms. The molecule has 3 heteroatoms. The molecule has 3 nitrogen and oxygen atoms in total. The van der Waals surface area contributed by atoms with Crippen molar-refractivity contribution >= 4 is 5.91 Å². The van der Waals surface area contributed by atoms with Gasteiger partial charge in [0.1, 0.15) is 0 Å². The molecule has 104 valence electrons. The maximum Gasteiger partial charge on any atom is 0.224 e. The number of nitrogens with one attached hydrogen (secondary N) is 2. The van der Waals surface area contributed by atoms with Gasteiger partial charge in [-0.1, -0.05) is 18.2 Å². The first kappa shape index (κ1) is 14.1.